The second-order valence-electron chi connectivity index (χ2n) is 5.21. The molecule has 0 unspecified atom stereocenters. The van der Waals surface area contributed by atoms with Gasteiger partial charge in [0.2, 0.25) is 20.0 Å². The number of carbonyl (C=O) groups is 1. The van der Waals surface area contributed by atoms with Gasteiger partial charge in [0.05, 0.1) is 9.79 Å². The minimum atomic E-state index is -5.01. The van der Waals surface area contributed by atoms with Crippen molar-refractivity contribution in [3.05, 3.63) is 24.3 Å². The van der Waals surface area contributed by atoms with E-state index in [1.54, 1.807) is 0 Å². The summed E-state index contributed by atoms with van der Waals surface area (Å²) in [5.74, 6) is -2.01. The van der Waals surface area contributed by atoms with Crippen molar-refractivity contribution >= 4 is 26.0 Å². The van der Waals surface area contributed by atoms with Crippen molar-refractivity contribution < 1.29 is 34.8 Å². The van der Waals surface area contributed by atoms with Crippen molar-refractivity contribution in [3.63, 3.8) is 0 Å². The van der Waals surface area contributed by atoms with E-state index in [0.29, 0.717) is 4.90 Å². The van der Waals surface area contributed by atoms with E-state index in [1.807, 2.05) is 0 Å². The van der Waals surface area contributed by atoms with Crippen molar-refractivity contribution in [1.82, 2.24) is 9.21 Å². The molecule has 1 heterocycles. The maximum atomic E-state index is 12.4. The molecule has 1 fully saturated rings. The van der Waals surface area contributed by atoms with Crippen LogP contribution < -0.4 is 5.14 Å². The minimum absolute atomic E-state index is 0.226. The Morgan fingerprint density at radius 2 is 1.36 bits per heavy atom. The van der Waals surface area contributed by atoms with Crippen LogP contribution in [0.3, 0.4) is 0 Å². The summed E-state index contributed by atoms with van der Waals surface area (Å²) in [4.78, 5) is 11.2. The average Bonchev–Trinajstić information content (AvgIpc) is 2.52. The lowest BCUT2D eigenvalue weighted by Gasteiger charge is -2.34. The van der Waals surface area contributed by atoms with Crippen LogP contribution in [0.2, 0.25) is 0 Å². The molecule has 0 saturated carbocycles. The normalized spacial score (nSPS) is 17.5. The average molecular weight is 401 g/mol. The molecule has 1 aliphatic heterocycles. The zero-order valence-corrected chi connectivity index (χ0v) is 14.2. The fourth-order valence-corrected chi connectivity index (χ4v) is 4.20. The number of nitrogens with two attached hydrogens (primary N) is 1. The van der Waals surface area contributed by atoms with Gasteiger partial charge in [0.1, 0.15) is 0 Å². The van der Waals surface area contributed by atoms with Gasteiger partial charge in [-0.25, -0.2) is 22.0 Å². The predicted molar refractivity (Wildman–Crippen MR) is 79.2 cm³/mol. The topological polar surface area (TPSA) is 118 Å². The number of hydrogen-bond donors (Lipinski definition) is 1. The molecule has 1 saturated heterocycles. The van der Waals surface area contributed by atoms with Gasteiger partial charge in [0.15, 0.2) is 0 Å². The van der Waals surface area contributed by atoms with Crippen LogP contribution in [-0.4, -0.2) is 64.3 Å². The molecule has 0 spiro atoms. The Bertz CT molecular complexity index is 858. The molecule has 1 aliphatic rings. The number of piperazine rings is 1. The molecular formula is C12H14F3N3O5S2. The largest absolute Gasteiger partial charge is 0.471 e. The maximum absolute atomic E-state index is 12.4. The molecule has 8 nitrogen and oxygen atoms in total. The minimum Gasteiger partial charge on any atom is -0.332 e. The van der Waals surface area contributed by atoms with Gasteiger partial charge < -0.3 is 4.90 Å². The molecule has 2 rings (SSSR count). The van der Waals surface area contributed by atoms with E-state index in [2.05, 4.69) is 0 Å². The van der Waals surface area contributed by atoms with Gasteiger partial charge in [0.25, 0.3) is 0 Å². The molecule has 0 radical (unpaired) electrons. The van der Waals surface area contributed by atoms with Crippen LogP contribution in [0, 0.1) is 0 Å². The maximum Gasteiger partial charge on any atom is 0.471 e. The molecular weight excluding hydrogens is 387 g/mol. The zero-order chi connectivity index (χ0) is 19.0. The highest BCUT2D eigenvalue weighted by molar-refractivity contribution is 7.89. The highest BCUT2D eigenvalue weighted by atomic mass is 32.2. The van der Waals surface area contributed by atoms with Crippen LogP contribution in [-0.2, 0) is 24.8 Å². The lowest BCUT2D eigenvalue weighted by Crippen LogP contribution is -2.53. The van der Waals surface area contributed by atoms with Crippen molar-refractivity contribution in [1.29, 1.82) is 0 Å². The molecule has 25 heavy (non-hydrogen) atoms. The Kier molecular flexibility index (Phi) is 5.14. The third-order valence-electron chi connectivity index (χ3n) is 3.56. The summed E-state index contributed by atoms with van der Waals surface area (Å²) < 4.78 is 85.3. The van der Waals surface area contributed by atoms with E-state index in [1.165, 1.54) is 0 Å². The van der Waals surface area contributed by atoms with E-state index < -0.39 is 45.2 Å². The van der Waals surface area contributed by atoms with Gasteiger partial charge in [-0.2, -0.15) is 17.5 Å². The number of sulfonamides is 2. The second kappa shape index (κ2) is 6.55. The third-order valence-corrected chi connectivity index (χ3v) is 6.40. The zero-order valence-electron chi connectivity index (χ0n) is 12.6. The molecule has 1 amide bonds. The summed E-state index contributed by atoms with van der Waals surface area (Å²) in [6.07, 6.45) is -5.01. The molecule has 13 heteroatoms. The Morgan fingerprint density at radius 3 is 1.76 bits per heavy atom. The summed E-state index contributed by atoms with van der Waals surface area (Å²) >= 11 is 0. The van der Waals surface area contributed by atoms with Crippen LogP contribution in [0.1, 0.15) is 0 Å². The highest BCUT2D eigenvalue weighted by Crippen LogP contribution is 2.22. The summed E-state index contributed by atoms with van der Waals surface area (Å²) in [6.45, 7) is -1.40. The SMILES string of the molecule is NS(=O)(=O)c1ccc(S(=O)(=O)N2CCN(C(=O)C(F)(F)F)CC2)cc1. The first-order chi connectivity index (χ1) is 11.3. The first-order valence-electron chi connectivity index (χ1n) is 6.82. The summed E-state index contributed by atoms with van der Waals surface area (Å²) in [5.41, 5.74) is 0. The number of rotatable bonds is 3. The lowest BCUT2D eigenvalue weighted by molar-refractivity contribution is -0.186. The second-order valence-corrected chi connectivity index (χ2v) is 8.71. The van der Waals surface area contributed by atoms with Crippen molar-refractivity contribution in [3.8, 4) is 0 Å². The van der Waals surface area contributed by atoms with Gasteiger partial charge in [-0.3, -0.25) is 4.79 Å². The Morgan fingerprint density at radius 1 is 0.920 bits per heavy atom. The lowest BCUT2D eigenvalue weighted by atomic mass is 10.3. The predicted octanol–water partition coefficient (Wildman–Crippen LogP) is -0.271. The molecule has 2 N–H and O–H groups in total. The summed E-state index contributed by atoms with van der Waals surface area (Å²) in [7, 11) is -8.01. The Labute approximate surface area is 142 Å². The van der Waals surface area contributed by atoms with E-state index in [-0.39, 0.29) is 22.9 Å². The van der Waals surface area contributed by atoms with Crippen LogP contribution >= 0.6 is 0 Å². The molecule has 140 valence electrons. The first kappa shape index (κ1) is 19.6. The van der Waals surface area contributed by atoms with Crippen LogP contribution in [0.15, 0.2) is 34.1 Å². The number of carbonyl (C=O) groups excluding carboxylic acids is 1. The van der Waals surface area contributed by atoms with Gasteiger partial charge in [-0.15, -0.1) is 0 Å². The van der Waals surface area contributed by atoms with E-state index in [4.69, 9.17) is 5.14 Å². The summed E-state index contributed by atoms with van der Waals surface area (Å²) in [5, 5.41) is 4.92. The number of hydrogen-bond acceptors (Lipinski definition) is 5. The van der Waals surface area contributed by atoms with Crippen molar-refractivity contribution in [2.75, 3.05) is 26.2 Å². The molecule has 0 aliphatic carbocycles. The van der Waals surface area contributed by atoms with Crippen molar-refractivity contribution in [2.24, 2.45) is 5.14 Å². The number of nitrogens with zero attached hydrogens (tertiary/aromatic N) is 2. The molecule has 0 bridgehead atoms. The Hall–Kier alpha value is -1.70. The number of halogens is 3. The van der Waals surface area contributed by atoms with Gasteiger partial charge in [-0.05, 0) is 24.3 Å². The van der Waals surface area contributed by atoms with Crippen LogP contribution in [0.25, 0.3) is 0 Å². The molecule has 1 aromatic rings. The van der Waals surface area contributed by atoms with Gasteiger partial charge in [0, 0.05) is 26.2 Å². The van der Waals surface area contributed by atoms with Gasteiger partial charge >= 0.3 is 12.1 Å². The smallest absolute Gasteiger partial charge is 0.332 e. The molecule has 0 atom stereocenters. The molecule has 0 aromatic heterocycles. The fourth-order valence-electron chi connectivity index (χ4n) is 2.26. The fraction of sp³-hybridized carbons (Fsp3) is 0.417. The third kappa shape index (κ3) is 4.29. The quantitative estimate of drug-likeness (QED) is 0.748. The van der Waals surface area contributed by atoms with Gasteiger partial charge in [-0.1, -0.05) is 0 Å². The number of primary sulfonamides is 1. The number of amides is 1. The van der Waals surface area contributed by atoms with E-state index >= 15 is 0 Å². The van der Waals surface area contributed by atoms with E-state index in [0.717, 1.165) is 28.6 Å². The first-order valence-corrected chi connectivity index (χ1v) is 9.81. The van der Waals surface area contributed by atoms with Crippen LogP contribution in [0.5, 0.6) is 0 Å². The Balaban J connectivity index is 2.13. The monoisotopic (exact) mass is 401 g/mol. The van der Waals surface area contributed by atoms with E-state index in [9.17, 15) is 34.8 Å². The van der Waals surface area contributed by atoms with Crippen LogP contribution in [0.4, 0.5) is 13.2 Å². The summed E-state index contributed by atoms with van der Waals surface area (Å²) in [6, 6.07) is 4.13. The number of alkyl halides is 3. The molecule has 1 aromatic carbocycles. The number of benzene rings is 1. The van der Waals surface area contributed by atoms with Crippen molar-refractivity contribution in [2.45, 2.75) is 16.0 Å². The standard InChI is InChI=1S/C12H14F3N3O5S2/c13-12(14,15)11(19)17-5-7-18(8-6-17)25(22,23)10-3-1-9(2-4-10)24(16,20)21/h1-4H,5-8H2,(H2,16,20,21). The highest BCUT2D eigenvalue weighted by Gasteiger charge is 2.44.